The maximum Gasteiger partial charge on any atom is 0.234 e. The van der Waals surface area contributed by atoms with Crippen LogP contribution >= 0.6 is 0 Å². The first kappa shape index (κ1) is 12.5. The summed E-state index contributed by atoms with van der Waals surface area (Å²) in [7, 11) is 0. The summed E-state index contributed by atoms with van der Waals surface area (Å²) in [4.78, 5) is 13.6. The van der Waals surface area contributed by atoms with E-state index in [0.29, 0.717) is 6.54 Å². The molecule has 0 aromatic rings. The second kappa shape index (κ2) is 6.80. The van der Waals surface area contributed by atoms with Crippen LogP contribution in [-0.4, -0.2) is 48.2 Å². The normalized spacial score (nSPS) is 21.9. The average molecular weight is 214 g/mol. The van der Waals surface area contributed by atoms with Gasteiger partial charge in [0, 0.05) is 12.6 Å². The Balaban J connectivity index is 2.19. The van der Waals surface area contributed by atoms with Crippen LogP contribution in [0.25, 0.3) is 0 Å². The summed E-state index contributed by atoms with van der Waals surface area (Å²) in [6.45, 7) is 4.42. The van der Waals surface area contributed by atoms with Crippen molar-refractivity contribution >= 4 is 5.91 Å². The molecule has 1 aliphatic heterocycles. The van der Waals surface area contributed by atoms with Crippen LogP contribution < -0.4 is 5.32 Å². The molecule has 0 aliphatic carbocycles. The molecule has 0 bridgehead atoms. The maximum absolute atomic E-state index is 11.5. The van der Waals surface area contributed by atoms with Crippen LogP contribution in [0.15, 0.2) is 0 Å². The molecule has 1 aliphatic rings. The monoisotopic (exact) mass is 214 g/mol. The number of amides is 1. The number of aliphatic hydroxyl groups excluding tert-OH is 1. The number of likely N-dealkylation sites (tertiary alicyclic amines) is 1. The van der Waals surface area contributed by atoms with Crippen LogP contribution in [-0.2, 0) is 4.79 Å². The molecular formula is C11H22N2O2. The summed E-state index contributed by atoms with van der Waals surface area (Å²) in [6, 6.07) is 0.196. The minimum Gasteiger partial charge on any atom is -0.395 e. The standard InChI is InChI=1S/C11H22N2O2/c1-2-3-6-12-11(15)8-13-7-4-5-10(13)9-14/h10,14H,2-9H2,1H3,(H,12,15)/t10-/m1/s1. The number of carbonyl (C=O) groups excluding carboxylic acids is 1. The first-order valence-corrected chi connectivity index (χ1v) is 5.89. The third kappa shape index (κ3) is 4.18. The summed E-state index contributed by atoms with van der Waals surface area (Å²) < 4.78 is 0. The number of rotatable bonds is 6. The third-order valence-corrected chi connectivity index (χ3v) is 2.91. The molecule has 15 heavy (non-hydrogen) atoms. The van der Waals surface area contributed by atoms with Crippen molar-refractivity contribution in [2.45, 2.75) is 38.6 Å². The lowest BCUT2D eigenvalue weighted by atomic mass is 10.2. The van der Waals surface area contributed by atoms with Crippen molar-refractivity contribution < 1.29 is 9.90 Å². The van der Waals surface area contributed by atoms with E-state index < -0.39 is 0 Å². The van der Waals surface area contributed by atoms with Gasteiger partial charge in [-0.25, -0.2) is 0 Å². The molecular weight excluding hydrogens is 192 g/mol. The molecule has 1 atom stereocenters. The van der Waals surface area contributed by atoms with Gasteiger partial charge in [-0.15, -0.1) is 0 Å². The zero-order chi connectivity index (χ0) is 11.1. The van der Waals surface area contributed by atoms with E-state index in [2.05, 4.69) is 17.1 Å². The van der Waals surface area contributed by atoms with Crippen LogP contribution in [0, 0.1) is 0 Å². The van der Waals surface area contributed by atoms with Gasteiger partial charge in [-0.2, -0.15) is 0 Å². The molecule has 2 N–H and O–H groups in total. The highest BCUT2D eigenvalue weighted by atomic mass is 16.3. The average Bonchev–Trinajstić information content (AvgIpc) is 2.65. The fourth-order valence-corrected chi connectivity index (χ4v) is 1.96. The van der Waals surface area contributed by atoms with Gasteiger partial charge in [0.1, 0.15) is 0 Å². The number of aliphatic hydroxyl groups is 1. The van der Waals surface area contributed by atoms with Gasteiger partial charge in [0.25, 0.3) is 0 Å². The van der Waals surface area contributed by atoms with Crippen molar-refractivity contribution in [3.05, 3.63) is 0 Å². The minimum absolute atomic E-state index is 0.0869. The highest BCUT2D eigenvalue weighted by Crippen LogP contribution is 2.15. The van der Waals surface area contributed by atoms with Crippen molar-refractivity contribution in [3.8, 4) is 0 Å². The summed E-state index contributed by atoms with van der Waals surface area (Å²) >= 11 is 0. The van der Waals surface area contributed by atoms with Crippen molar-refractivity contribution in [1.82, 2.24) is 10.2 Å². The number of hydrogen-bond donors (Lipinski definition) is 2. The first-order valence-electron chi connectivity index (χ1n) is 5.89. The second-order valence-corrected chi connectivity index (χ2v) is 4.15. The van der Waals surface area contributed by atoms with E-state index in [1.807, 2.05) is 0 Å². The van der Waals surface area contributed by atoms with Crippen molar-refractivity contribution in [2.24, 2.45) is 0 Å². The Morgan fingerprint density at radius 2 is 2.40 bits per heavy atom. The molecule has 1 fully saturated rings. The molecule has 1 amide bonds. The van der Waals surface area contributed by atoms with Gasteiger partial charge >= 0.3 is 0 Å². The molecule has 88 valence electrons. The van der Waals surface area contributed by atoms with E-state index in [4.69, 9.17) is 5.11 Å². The van der Waals surface area contributed by atoms with Crippen LogP contribution in [0.3, 0.4) is 0 Å². The van der Waals surface area contributed by atoms with Gasteiger partial charge in [0.2, 0.25) is 5.91 Å². The quantitative estimate of drug-likeness (QED) is 0.628. The van der Waals surface area contributed by atoms with E-state index in [9.17, 15) is 4.79 Å². The number of unbranched alkanes of at least 4 members (excludes halogenated alkanes) is 1. The van der Waals surface area contributed by atoms with E-state index >= 15 is 0 Å². The maximum atomic E-state index is 11.5. The highest BCUT2D eigenvalue weighted by Gasteiger charge is 2.24. The molecule has 0 aromatic heterocycles. The first-order chi connectivity index (χ1) is 7.27. The number of nitrogens with zero attached hydrogens (tertiary/aromatic N) is 1. The fourth-order valence-electron chi connectivity index (χ4n) is 1.96. The number of carbonyl (C=O) groups is 1. The molecule has 4 nitrogen and oxygen atoms in total. The van der Waals surface area contributed by atoms with Crippen LogP contribution in [0.4, 0.5) is 0 Å². The van der Waals surface area contributed by atoms with Gasteiger partial charge in [0.05, 0.1) is 13.2 Å². The molecule has 0 spiro atoms. The molecule has 1 heterocycles. The summed E-state index contributed by atoms with van der Waals surface area (Å²) in [6.07, 6.45) is 4.24. The van der Waals surface area contributed by atoms with Crippen LogP contribution in [0.1, 0.15) is 32.6 Å². The molecule has 1 rings (SSSR count). The molecule has 1 saturated heterocycles. The topological polar surface area (TPSA) is 52.6 Å². The largest absolute Gasteiger partial charge is 0.395 e. The van der Waals surface area contributed by atoms with Gasteiger partial charge in [0.15, 0.2) is 0 Å². The molecule has 0 saturated carbocycles. The second-order valence-electron chi connectivity index (χ2n) is 4.15. The lowest BCUT2D eigenvalue weighted by Gasteiger charge is -2.21. The zero-order valence-corrected chi connectivity index (χ0v) is 9.54. The van der Waals surface area contributed by atoms with E-state index in [0.717, 1.165) is 38.8 Å². The predicted molar refractivity (Wildman–Crippen MR) is 59.6 cm³/mol. The van der Waals surface area contributed by atoms with Crippen LogP contribution in [0.2, 0.25) is 0 Å². The van der Waals surface area contributed by atoms with Crippen molar-refractivity contribution in [2.75, 3.05) is 26.2 Å². The van der Waals surface area contributed by atoms with Crippen molar-refractivity contribution in [1.29, 1.82) is 0 Å². The number of hydrogen-bond acceptors (Lipinski definition) is 3. The lowest BCUT2D eigenvalue weighted by molar-refractivity contribution is -0.122. The van der Waals surface area contributed by atoms with Gasteiger partial charge in [-0.1, -0.05) is 13.3 Å². The van der Waals surface area contributed by atoms with Crippen LogP contribution in [0.5, 0.6) is 0 Å². The Bertz CT molecular complexity index is 197. The third-order valence-electron chi connectivity index (χ3n) is 2.91. The van der Waals surface area contributed by atoms with E-state index in [1.165, 1.54) is 0 Å². The fraction of sp³-hybridized carbons (Fsp3) is 0.909. The van der Waals surface area contributed by atoms with E-state index in [-0.39, 0.29) is 18.6 Å². The Morgan fingerprint density at radius 3 is 3.07 bits per heavy atom. The summed E-state index contributed by atoms with van der Waals surface area (Å²) in [5, 5.41) is 12.0. The lowest BCUT2D eigenvalue weighted by Crippen LogP contribution is -2.41. The van der Waals surface area contributed by atoms with Gasteiger partial charge in [-0.05, 0) is 25.8 Å². The Labute approximate surface area is 91.6 Å². The van der Waals surface area contributed by atoms with Crippen molar-refractivity contribution in [3.63, 3.8) is 0 Å². The SMILES string of the molecule is CCCCNC(=O)CN1CCC[C@@H]1CO. The molecule has 0 unspecified atom stereocenters. The minimum atomic E-state index is 0.0869. The molecule has 0 radical (unpaired) electrons. The Kier molecular flexibility index (Phi) is 5.65. The molecule has 0 aromatic carbocycles. The van der Waals surface area contributed by atoms with Gasteiger partial charge in [-0.3, -0.25) is 9.69 Å². The molecule has 4 heteroatoms. The summed E-state index contributed by atoms with van der Waals surface area (Å²) in [5.41, 5.74) is 0. The smallest absolute Gasteiger partial charge is 0.234 e. The Morgan fingerprint density at radius 1 is 1.60 bits per heavy atom. The highest BCUT2D eigenvalue weighted by molar-refractivity contribution is 5.78. The zero-order valence-electron chi connectivity index (χ0n) is 9.54. The Hall–Kier alpha value is -0.610. The summed E-state index contributed by atoms with van der Waals surface area (Å²) in [5.74, 6) is 0.0869. The predicted octanol–water partition coefficient (Wildman–Crippen LogP) is 0.359. The van der Waals surface area contributed by atoms with Gasteiger partial charge < -0.3 is 10.4 Å². The number of nitrogens with one attached hydrogen (secondary N) is 1. The van der Waals surface area contributed by atoms with E-state index in [1.54, 1.807) is 0 Å².